The lowest BCUT2D eigenvalue weighted by Crippen LogP contribution is -2.26. The fourth-order valence-electron chi connectivity index (χ4n) is 1.58. The summed E-state index contributed by atoms with van der Waals surface area (Å²) in [7, 11) is 1.68. The predicted octanol–water partition coefficient (Wildman–Crippen LogP) is 1.11. The van der Waals surface area contributed by atoms with Gasteiger partial charge in [-0.3, -0.25) is 5.41 Å². The van der Waals surface area contributed by atoms with E-state index in [9.17, 15) is 0 Å². The number of hydrogen-bond donors (Lipinski definition) is 1. The third-order valence-corrected chi connectivity index (χ3v) is 2.37. The molecule has 0 aliphatic carbocycles. The summed E-state index contributed by atoms with van der Waals surface area (Å²) in [5, 5.41) is 7.62. The molecule has 0 atom stereocenters. The Morgan fingerprint density at radius 3 is 2.86 bits per heavy atom. The van der Waals surface area contributed by atoms with Crippen molar-refractivity contribution >= 4 is 5.84 Å². The molecule has 0 amide bonds. The zero-order valence-electron chi connectivity index (χ0n) is 8.92. The Bertz CT molecular complexity index is 174. The van der Waals surface area contributed by atoms with Crippen LogP contribution in [0.3, 0.4) is 0 Å². The predicted molar refractivity (Wildman–Crippen MR) is 55.8 cm³/mol. The third-order valence-electron chi connectivity index (χ3n) is 2.37. The lowest BCUT2D eigenvalue weighted by Gasteiger charge is -2.17. The highest BCUT2D eigenvalue weighted by atomic mass is 16.5. The van der Waals surface area contributed by atoms with Crippen LogP contribution in [0.2, 0.25) is 0 Å². The second-order valence-electron chi connectivity index (χ2n) is 3.50. The van der Waals surface area contributed by atoms with Crippen LogP contribution in [0.25, 0.3) is 0 Å². The van der Waals surface area contributed by atoms with Crippen molar-refractivity contribution in [3.05, 3.63) is 0 Å². The summed E-state index contributed by atoms with van der Waals surface area (Å²) in [5.74, 6) is 0.793. The monoisotopic (exact) mass is 200 g/mol. The minimum Gasteiger partial charge on any atom is -0.382 e. The minimum atomic E-state index is 0.666. The standard InChI is InChI=1S/C10H20N2O2/c1-13-8-9-14-7-3-6-12-5-2-4-10(12)11/h11H,2-9H2,1H3. The van der Waals surface area contributed by atoms with Gasteiger partial charge in [0, 0.05) is 33.2 Å². The first-order chi connectivity index (χ1) is 6.84. The summed E-state index contributed by atoms with van der Waals surface area (Å²) in [4.78, 5) is 2.14. The molecular formula is C10H20N2O2. The number of amidine groups is 1. The molecule has 14 heavy (non-hydrogen) atoms. The third kappa shape index (κ3) is 4.07. The van der Waals surface area contributed by atoms with Crippen molar-refractivity contribution in [2.75, 3.05) is 40.0 Å². The largest absolute Gasteiger partial charge is 0.382 e. The van der Waals surface area contributed by atoms with E-state index in [1.165, 1.54) is 0 Å². The smallest absolute Gasteiger partial charge is 0.0958 e. The Morgan fingerprint density at radius 1 is 1.36 bits per heavy atom. The number of hydrogen-bond acceptors (Lipinski definition) is 3. The van der Waals surface area contributed by atoms with Crippen molar-refractivity contribution in [1.29, 1.82) is 5.41 Å². The zero-order valence-corrected chi connectivity index (χ0v) is 8.92. The van der Waals surface area contributed by atoms with Crippen LogP contribution in [-0.4, -0.2) is 50.8 Å². The molecule has 4 heteroatoms. The summed E-state index contributed by atoms with van der Waals surface area (Å²) in [6.45, 7) is 4.13. The van der Waals surface area contributed by atoms with E-state index in [1.807, 2.05) is 0 Å². The number of rotatable bonds is 7. The van der Waals surface area contributed by atoms with Gasteiger partial charge in [-0.05, 0) is 12.8 Å². The summed E-state index contributed by atoms with van der Waals surface area (Å²) >= 11 is 0. The number of ether oxygens (including phenoxy) is 2. The fraction of sp³-hybridized carbons (Fsp3) is 0.900. The highest BCUT2D eigenvalue weighted by Gasteiger charge is 2.15. The van der Waals surface area contributed by atoms with Gasteiger partial charge in [0.2, 0.25) is 0 Å². The average Bonchev–Trinajstić information content (AvgIpc) is 2.58. The van der Waals surface area contributed by atoms with Crippen LogP contribution in [0.1, 0.15) is 19.3 Å². The second-order valence-corrected chi connectivity index (χ2v) is 3.50. The van der Waals surface area contributed by atoms with E-state index >= 15 is 0 Å². The first-order valence-electron chi connectivity index (χ1n) is 5.23. The van der Waals surface area contributed by atoms with Crippen molar-refractivity contribution in [2.24, 2.45) is 0 Å². The van der Waals surface area contributed by atoms with Gasteiger partial charge in [0.1, 0.15) is 0 Å². The Kier molecular flexibility index (Phi) is 5.56. The van der Waals surface area contributed by atoms with E-state index in [1.54, 1.807) is 7.11 Å². The van der Waals surface area contributed by atoms with Crippen molar-refractivity contribution in [2.45, 2.75) is 19.3 Å². The Morgan fingerprint density at radius 2 is 2.21 bits per heavy atom. The zero-order chi connectivity index (χ0) is 10.2. The number of methoxy groups -OCH3 is 1. The maximum absolute atomic E-state index is 7.62. The molecule has 0 bridgehead atoms. The van der Waals surface area contributed by atoms with Crippen LogP contribution in [0, 0.1) is 5.41 Å². The fourth-order valence-corrected chi connectivity index (χ4v) is 1.58. The molecule has 0 aromatic heterocycles. The van der Waals surface area contributed by atoms with E-state index in [-0.39, 0.29) is 0 Å². The first kappa shape index (κ1) is 11.5. The van der Waals surface area contributed by atoms with E-state index in [4.69, 9.17) is 14.9 Å². The van der Waals surface area contributed by atoms with Crippen molar-refractivity contribution < 1.29 is 9.47 Å². The van der Waals surface area contributed by atoms with Gasteiger partial charge in [-0.25, -0.2) is 0 Å². The average molecular weight is 200 g/mol. The van der Waals surface area contributed by atoms with Crippen LogP contribution >= 0.6 is 0 Å². The van der Waals surface area contributed by atoms with Gasteiger partial charge >= 0.3 is 0 Å². The quantitative estimate of drug-likeness (QED) is 0.626. The van der Waals surface area contributed by atoms with E-state index in [2.05, 4.69) is 4.90 Å². The molecule has 0 saturated carbocycles. The minimum absolute atomic E-state index is 0.666. The van der Waals surface area contributed by atoms with Gasteiger partial charge in [0.05, 0.1) is 19.0 Å². The molecule has 1 fully saturated rings. The Hall–Kier alpha value is -0.610. The molecule has 1 N–H and O–H groups in total. The SMILES string of the molecule is COCCOCCCN1CCCC1=N. The van der Waals surface area contributed by atoms with E-state index in [0.717, 1.165) is 44.8 Å². The van der Waals surface area contributed by atoms with Gasteiger partial charge < -0.3 is 14.4 Å². The van der Waals surface area contributed by atoms with Crippen LogP contribution < -0.4 is 0 Å². The molecule has 0 radical (unpaired) electrons. The molecule has 0 spiro atoms. The molecule has 82 valence electrons. The van der Waals surface area contributed by atoms with Gasteiger partial charge in [-0.15, -0.1) is 0 Å². The van der Waals surface area contributed by atoms with E-state index in [0.29, 0.717) is 13.2 Å². The Labute approximate surface area is 85.7 Å². The number of nitrogens with one attached hydrogen (secondary N) is 1. The molecule has 1 heterocycles. The molecular weight excluding hydrogens is 180 g/mol. The van der Waals surface area contributed by atoms with Crippen LogP contribution in [0.15, 0.2) is 0 Å². The molecule has 1 aliphatic heterocycles. The summed E-state index contributed by atoms with van der Waals surface area (Å²) in [6, 6.07) is 0. The molecule has 1 rings (SSSR count). The van der Waals surface area contributed by atoms with Crippen LogP contribution in [0.4, 0.5) is 0 Å². The number of likely N-dealkylation sites (tertiary alicyclic amines) is 1. The maximum Gasteiger partial charge on any atom is 0.0958 e. The molecule has 0 aromatic carbocycles. The molecule has 0 aromatic rings. The van der Waals surface area contributed by atoms with Crippen LogP contribution in [0.5, 0.6) is 0 Å². The number of nitrogens with zero attached hydrogens (tertiary/aromatic N) is 1. The molecule has 1 saturated heterocycles. The van der Waals surface area contributed by atoms with Gasteiger partial charge in [0.15, 0.2) is 0 Å². The summed E-state index contributed by atoms with van der Waals surface area (Å²) < 4.78 is 10.2. The van der Waals surface area contributed by atoms with Crippen LogP contribution in [-0.2, 0) is 9.47 Å². The van der Waals surface area contributed by atoms with Gasteiger partial charge in [0.25, 0.3) is 0 Å². The highest BCUT2D eigenvalue weighted by molar-refractivity contribution is 5.80. The molecule has 1 aliphatic rings. The lowest BCUT2D eigenvalue weighted by molar-refractivity contribution is 0.0677. The van der Waals surface area contributed by atoms with Crippen molar-refractivity contribution in [1.82, 2.24) is 4.90 Å². The maximum atomic E-state index is 7.62. The van der Waals surface area contributed by atoms with Gasteiger partial charge in [-0.2, -0.15) is 0 Å². The lowest BCUT2D eigenvalue weighted by atomic mass is 10.4. The second kappa shape index (κ2) is 6.79. The Balaban J connectivity index is 1.90. The molecule has 4 nitrogen and oxygen atoms in total. The molecule has 0 unspecified atom stereocenters. The van der Waals surface area contributed by atoms with E-state index < -0.39 is 0 Å². The highest BCUT2D eigenvalue weighted by Crippen LogP contribution is 2.09. The normalized spacial score (nSPS) is 16.6. The van der Waals surface area contributed by atoms with Gasteiger partial charge in [-0.1, -0.05) is 0 Å². The first-order valence-corrected chi connectivity index (χ1v) is 5.23. The van der Waals surface area contributed by atoms with Crippen molar-refractivity contribution in [3.63, 3.8) is 0 Å². The summed E-state index contributed by atoms with van der Waals surface area (Å²) in [5.41, 5.74) is 0. The van der Waals surface area contributed by atoms with Crippen molar-refractivity contribution in [3.8, 4) is 0 Å². The topological polar surface area (TPSA) is 45.6 Å². The summed E-state index contributed by atoms with van der Waals surface area (Å²) in [6.07, 6.45) is 3.10.